The van der Waals surface area contributed by atoms with Crippen LogP contribution in [0.2, 0.25) is 5.02 Å². The number of nitrogens with zero attached hydrogens (tertiary/aromatic N) is 5. The van der Waals surface area contributed by atoms with E-state index in [1.54, 1.807) is 24.4 Å². The van der Waals surface area contributed by atoms with E-state index in [0.29, 0.717) is 39.3 Å². The molecule has 1 aliphatic heterocycles. The van der Waals surface area contributed by atoms with Crippen molar-refractivity contribution in [3.05, 3.63) is 35.0 Å². The fraction of sp³-hybridized carbons (Fsp3) is 0.458. The van der Waals surface area contributed by atoms with E-state index in [-0.39, 0.29) is 23.9 Å². The average molecular weight is 495 g/mol. The van der Waals surface area contributed by atoms with E-state index in [1.807, 2.05) is 0 Å². The molecule has 2 fully saturated rings. The molecule has 5 rings (SSSR count). The summed E-state index contributed by atoms with van der Waals surface area (Å²) in [5, 5.41) is 16.3. The predicted octanol–water partition coefficient (Wildman–Crippen LogP) is 3.90. The van der Waals surface area contributed by atoms with Crippen LogP contribution in [-0.2, 0) is 9.53 Å². The Hall–Kier alpha value is -3.42. The van der Waals surface area contributed by atoms with Gasteiger partial charge in [-0.05, 0) is 56.7 Å². The lowest BCUT2D eigenvalue weighted by atomic mass is 9.85. The van der Waals surface area contributed by atoms with Crippen molar-refractivity contribution < 1.29 is 9.53 Å². The number of aromatic nitrogens is 4. The van der Waals surface area contributed by atoms with Gasteiger partial charge in [-0.3, -0.25) is 9.36 Å². The Balaban J connectivity index is 1.50. The number of benzene rings is 1. The number of carbonyl (C=O) groups is 1. The van der Waals surface area contributed by atoms with Crippen molar-refractivity contribution in [1.29, 1.82) is 5.26 Å². The van der Waals surface area contributed by atoms with Crippen LogP contribution in [0.4, 0.5) is 17.6 Å². The van der Waals surface area contributed by atoms with Gasteiger partial charge in [-0.1, -0.05) is 11.6 Å². The monoisotopic (exact) mass is 494 g/mol. The zero-order valence-electron chi connectivity index (χ0n) is 19.2. The molecule has 4 N–H and O–H groups in total. The minimum absolute atomic E-state index is 0.0843. The molecule has 0 atom stereocenters. The first-order valence-electron chi connectivity index (χ1n) is 11.9. The first-order chi connectivity index (χ1) is 17.0. The van der Waals surface area contributed by atoms with Crippen molar-refractivity contribution in [2.24, 2.45) is 11.7 Å². The van der Waals surface area contributed by atoms with Crippen LogP contribution in [0.5, 0.6) is 0 Å². The number of primary amides is 1. The molecule has 1 saturated heterocycles. The molecular formula is C24H27ClN8O2. The summed E-state index contributed by atoms with van der Waals surface area (Å²) in [4.78, 5) is 25.8. The molecule has 0 bridgehead atoms. The fourth-order valence-electron chi connectivity index (χ4n) is 4.84. The third-order valence-corrected chi connectivity index (χ3v) is 7.11. The second kappa shape index (κ2) is 10.1. The number of nitrogens with two attached hydrogens (primary N) is 1. The van der Waals surface area contributed by atoms with Gasteiger partial charge in [0.1, 0.15) is 5.52 Å². The molecule has 0 spiro atoms. The van der Waals surface area contributed by atoms with Crippen LogP contribution in [0.1, 0.15) is 50.1 Å². The van der Waals surface area contributed by atoms with Crippen LogP contribution in [0.15, 0.2) is 24.4 Å². The van der Waals surface area contributed by atoms with E-state index in [1.165, 1.54) is 0 Å². The standard InChI is InChI=1S/C24H27ClN8O2/c25-18-11-14(12-26)1-6-19(18)30-24-31-20-13-28-23(29-16-7-9-35-10-8-16)32-22(20)33(24)17-4-2-15(3-5-17)21(27)34/h1,6,11,13,15-17H,2-5,7-10H2,(H2,27,34)(H,30,31)(H,28,29,32)/t15-,17-. The molecule has 3 aromatic rings. The Morgan fingerprint density at radius 2 is 1.94 bits per heavy atom. The van der Waals surface area contributed by atoms with Crippen molar-refractivity contribution in [3.63, 3.8) is 0 Å². The smallest absolute Gasteiger partial charge is 0.224 e. The number of carbonyl (C=O) groups excluding carboxylic acids is 1. The van der Waals surface area contributed by atoms with Crippen LogP contribution in [-0.4, -0.2) is 44.7 Å². The first kappa shape index (κ1) is 23.3. The summed E-state index contributed by atoms with van der Waals surface area (Å²) in [6.07, 6.45) is 6.53. The van der Waals surface area contributed by atoms with Crippen LogP contribution in [0.25, 0.3) is 11.2 Å². The lowest BCUT2D eigenvalue weighted by Gasteiger charge is -2.29. The summed E-state index contributed by atoms with van der Waals surface area (Å²) in [6, 6.07) is 7.52. The number of ether oxygens (including phenoxy) is 1. The zero-order chi connectivity index (χ0) is 24.4. The van der Waals surface area contributed by atoms with Gasteiger partial charge in [0.25, 0.3) is 0 Å². The van der Waals surface area contributed by atoms with Crippen LogP contribution in [0.3, 0.4) is 0 Å². The summed E-state index contributed by atoms with van der Waals surface area (Å²) in [5.74, 6) is 0.795. The maximum Gasteiger partial charge on any atom is 0.224 e. The third-order valence-electron chi connectivity index (χ3n) is 6.80. The second-order valence-electron chi connectivity index (χ2n) is 9.08. The number of rotatable bonds is 6. The molecule has 10 nitrogen and oxygen atoms in total. The molecule has 11 heteroatoms. The van der Waals surface area contributed by atoms with E-state index >= 15 is 0 Å². The topological polar surface area (TPSA) is 144 Å². The summed E-state index contributed by atoms with van der Waals surface area (Å²) in [7, 11) is 0. The highest BCUT2D eigenvalue weighted by Crippen LogP contribution is 2.37. The van der Waals surface area contributed by atoms with E-state index in [9.17, 15) is 4.79 Å². The Morgan fingerprint density at radius 3 is 2.63 bits per heavy atom. The summed E-state index contributed by atoms with van der Waals surface area (Å²) >= 11 is 6.43. The average Bonchev–Trinajstić information content (AvgIpc) is 3.23. The lowest BCUT2D eigenvalue weighted by molar-refractivity contribution is -0.122. The number of hydrogen-bond acceptors (Lipinski definition) is 8. The maximum absolute atomic E-state index is 11.7. The van der Waals surface area contributed by atoms with Gasteiger partial charge in [-0.15, -0.1) is 0 Å². The molecule has 1 amide bonds. The number of imidazole rings is 1. The minimum Gasteiger partial charge on any atom is -0.381 e. The Kier molecular flexibility index (Phi) is 6.70. The maximum atomic E-state index is 11.7. The Bertz CT molecular complexity index is 1270. The highest BCUT2D eigenvalue weighted by atomic mass is 35.5. The molecule has 35 heavy (non-hydrogen) atoms. The number of hydrogen-bond donors (Lipinski definition) is 3. The molecular weight excluding hydrogens is 468 g/mol. The van der Waals surface area contributed by atoms with Crippen LogP contribution in [0, 0.1) is 17.2 Å². The largest absolute Gasteiger partial charge is 0.381 e. The lowest BCUT2D eigenvalue weighted by Crippen LogP contribution is -2.29. The van der Waals surface area contributed by atoms with Crippen LogP contribution >= 0.6 is 11.6 Å². The van der Waals surface area contributed by atoms with Gasteiger partial charge in [-0.2, -0.15) is 10.2 Å². The number of nitriles is 1. The summed E-state index contributed by atoms with van der Waals surface area (Å²) in [5.41, 5.74) is 8.05. The molecule has 2 aliphatic rings. The Labute approximate surface area is 207 Å². The van der Waals surface area contributed by atoms with Gasteiger partial charge >= 0.3 is 0 Å². The van der Waals surface area contributed by atoms with Gasteiger partial charge in [0, 0.05) is 31.2 Å². The van der Waals surface area contributed by atoms with Gasteiger partial charge in [-0.25, -0.2) is 9.97 Å². The molecule has 3 heterocycles. The van der Waals surface area contributed by atoms with Crippen molar-refractivity contribution in [1.82, 2.24) is 19.5 Å². The SMILES string of the molecule is N#Cc1ccc(Nc2nc3cnc(NC4CCOCC4)nc3n2[C@H]2CC[C@H](C(N)=O)CC2)c(Cl)c1. The normalized spacial score (nSPS) is 20.9. The van der Waals surface area contributed by atoms with Gasteiger partial charge < -0.3 is 21.1 Å². The Morgan fingerprint density at radius 1 is 1.17 bits per heavy atom. The summed E-state index contributed by atoms with van der Waals surface area (Å²) < 4.78 is 7.53. The first-order valence-corrected chi connectivity index (χ1v) is 12.2. The van der Waals surface area contributed by atoms with Crippen molar-refractivity contribution in [2.75, 3.05) is 23.8 Å². The number of anilines is 3. The van der Waals surface area contributed by atoms with Crippen molar-refractivity contribution >= 4 is 46.3 Å². The predicted molar refractivity (Wildman–Crippen MR) is 132 cm³/mol. The van der Waals surface area contributed by atoms with E-state index in [2.05, 4.69) is 26.3 Å². The molecule has 182 valence electrons. The van der Waals surface area contributed by atoms with Crippen molar-refractivity contribution in [2.45, 2.75) is 50.6 Å². The van der Waals surface area contributed by atoms with Crippen LogP contribution < -0.4 is 16.4 Å². The van der Waals surface area contributed by atoms with E-state index < -0.39 is 0 Å². The van der Waals surface area contributed by atoms with Gasteiger partial charge in [0.05, 0.1) is 28.5 Å². The molecule has 1 saturated carbocycles. The van der Waals surface area contributed by atoms with Gasteiger partial charge in [0.2, 0.25) is 17.8 Å². The van der Waals surface area contributed by atoms with E-state index in [0.717, 1.165) is 51.7 Å². The molecule has 1 aliphatic carbocycles. The number of halogens is 1. The number of amides is 1. The highest BCUT2D eigenvalue weighted by Gasteiger charge is 2.29. The molecule has 0 radical (unpaired) electrons. The van der Waals surface area contributed by atoms with Gasteiger partial charge in [0.15, 0.2) is 5.65 Å². The zero-order valence-corrected chi connectivity index (χ0v) is 20.0. The van der Waals surface area contributed by atoms with E-state index in [4.69, 9.17) is 37.3 Å². The quantitative estimate of drug-likeness (QED) is 0.468. The third kappa shape index (κ3) is 5.01. The summed E-state index contributed by atoms with van der Waals surface area (Å²) in [6.45, 7) is 1.45. The number of fused-ring (bicyclic) bond motifs is 1. The number of nitrogens with one attached hydrogen (secondary N) is 2. The van der Waals surface area contributed by atoms with Crippen molar-refractivity contribution in [3.8, 4) is 6.07 Å². The minimum atomic E-state index is -0.244. The molecule has 0 unspecified atom stereocenters. The highest BCUT2D eigenvalue weighted by molar-refractivity contribution is 6.33. The molecule has 1 aromatic carbocycles. The molecule has 2 aromatic heterocycles. The fourth-order valence-corrected chi connectivity index (χ4v) is 5.07. The second-order valence-corrected chi connectivity index (χ2v) is 9.49.